The van der Waals surface area contributed by atoms with E-state index in [1.165, 1.54) is 7.11 Å². The van der Waals surface area contributed by atoms with Gasteiger partial charge < -0.3 is 9.15 Å². The summed E-state index contributed by atoms with van der Waals surface area (Å²) in [6.45, 7) is 4.09. The molecule has 0 saturated carbocycles. The van der Waals surface area contributed by atoms with E-state index in [1.807, 2.05) is 7.05 Å². The van der Waals surface area contributed by atoms with Crippen LogP contribution in [-0.2, 0) is 18.2 Å². The SMILES string of the molecule is COC(=O)c1ccoc1CC1CCN([C@@H](C)c2nnnn2C)CC1. The van der Waals surface area contributed by atoms with Crippen LogP contribution in [0.25, 0.3) is 0 Å². The molecule has 0 aliphatic carbocycles. The van der Waals surface area contributed by atoms with Crippen LogP contribution < -0.4 is 0 Å². The van der Waals surface area contributed by atoms with Crippen molar-refractivity contribution < 1.29 is 13.9 Å². The summed E-state index contributed by atoms with van der Waals surface area (Å²) >= 11 is 0. The van der Waals surface area contributed by atoms with Gasteiger partial charge in [0.2, 0.25) is 0 Å². The first-order valence-electron chi connectivity index (χ1n) is 8.21. The van der Waals surface area contributed by atoms with E-state index in [9.17, 15) is 4.79 Å². The van der Waals surface area contributed by atoms with Crippen LogP contribution in [0.5, 0.6) is 0 Å². The predicted molar refractivity (Wildman–Crippen MR) is 85.3 cm³/mol. The number of nitrogens with zero attached hydrogens (tertiary/aromatic N) is 5. The zero-order valence-corrected chi connectivity index (χ0v) is 14.3. The van der Waals surface area contributed by atoms with Gasteiger partial charge in [-0.1, -0.05) is 0 Å². The summed E-state index contributed by atoms with van der Waals surface area (Å²) < 4.78 is 12.0. The average Bonchev–Trinajstić information content (AvgIpc) is 3.23. The van der Waals surface area contributed by atoms with Crippen LogP contribution in [0, 0.1) is 5.92 Å². The number of esters is 1. The molecule has 1 atom stereocenters. The number of piperidine rings is 1. The second-order valence-electron chi connectivity index (χ2n) is 6.27. The zero-order chi connectivity index (χ0) is 17.1. The molecule has 1 fully saturated rings. The van der Waals surface area contributed by atoms with Crippen LogP contribution in [0.4, 0.5) is 0 Å². The Morgan fingerprint density at radius 3 is 2.83 bits per heavy atom. The number of rotatable bonds is 5. The number of aromatic nitrogens is 4. The minimum Gasteiger partial charge on any atom is -0.468 e. The Labute approximate surface area is 140 Å². The first-order valence-corrected chi connectivity index (χ1v) is 8.21. The molecular weight excluding hydrogens is 310 g/mol. The quantitative estimate of drug-likeness (QED) is 0.768. The Morgan fingerprint density at radius 1 is 1.46 bits per heavy atom. The summed E-state index contributed by atoms with van der Waals surface area (Å²) in [6, 6.07) is 1.87. The molecule has 3 heterocycles. The van der Waals surface area contributed by atoms with E-state index in [-0.39, 0.29) is 12.0 Å². The van der Waals surface area contributed by atoms with Crippen LogP contribution in [0.15, 0.2) is 16.7 Å². The number of aryl methyl sites for hydroxylation is 1. The summed E-state index contributed by atoms with van der Waals surface area (Å²) in [5, 5.41) is 11.7. The van der Waals surface area contributed by atoms with Gasteiger partial charge in [0.25, 0.3) is 0 Å². The summed E-state index contributed by atoms with van der Waals surface area (Å²) in [5.41, 5.74) is 0.540. The molecule has 1 aliphatic heterocycles. The Kier molecular flexibility index (Phi) is 4.94. The van der Waals surface area contributed by atoms with Crippen molar-refractivity contribution >= 4 is 5.97 Å². The summed E-state index contributed by atoms with van der Waals surface area (Å²) in [5.74, 6) is 1.78. The smallest absolute Gasteiger partial charge is 0.341 e. The molecule has 0 radical (unpaired) electrons. The standard InChI is InChI=1S/C16H23N5O3/c1-11(15-17-18-19-20(15)2)21-7-4-12(5-8-21)10-14-13(6-9-24-14)16(22)23-3/h6,9,11-12H,4-5,7-8,10H2,1-3H3/t11-/m0/s1. The van der Waals surface area contributed by atoms with Gasteiger partial charge in [0.05, 0.1) is 19.4 Å². The molecule has 0 unspecified atom stereocenters. The number of tetrazole rings is 1. The largest absolute Gasteiger partial charge is 0.468 e. The number of hydrogen-bond donors (Lipinski definition) is 0. The monoisotopic (exact) mass is 333 g/mol. The van der Waals surface area contributed by atoms with Gasteiger partial charge in [0.15, 0.2) is 5.82 Å². The second kappa shape index (κ2) is 7.12. The van der Waals surface area contributed by atoms with Crippen LogP contribution >= 0.6 is 0 Å². The van der Waals surface area contributed by atoms with E-state index in [1.54, 1.807) is 17.0 Å². The predicted octanol–water partition coefficient (Wildman–Crippen LogP) is 1.61. The van der Waals surface area contributed by atoms with Crippen LogP contribution in [0.2, 0.25) is 0 Å². The molecule has 0 amide bonds. The van der Waals surface area contributed by atoms with Crippen molar-refractivity contribution in [1.29, 1.82) is 0 Å². The first kappa shape index (κ1) is 16.6. The van der Waals surface area contributed by atoms with E-state index in [0.717, 1.165) is 43.9 Å². The lowest BCUT2D eigenvalue weighted by Gasteiger charge is -2.35. The number of ether oxygens (including phenoxy) is 1. The highest BCUT2D eigenvalue weighted by atomic mass is 16.5. The summed E-state index contributed by atoms with van der Waals surface area (Å²) in [6.07, 6.45) is 4.43. The van der Waals surface area contributed by atoms with Gasteiger partial charge in [-0.15, -0.1) is 5.10 Å². The number of carbonyl (C=O) groups is 1. The second-order valence-corrected chi connectivity index (χ2v) is 6.27. The third kappa shape index (κ3) is 3.33. The maximum absolute atomic E-state index is 11.7. The number of likely N-dealkylation sites (tertiary alicyclic amines) is 1. The highest BCUT2D eigenvalue weighted by molar-refractivity contribution is 5.90. The third-order valence-corrected chi connectivity index (χ3v) is 4.85. The molecule has 0 bridgehead atoms. The lowest BCUT2D eigenvalue weighted by atomic mass is 9.91. The molecule has 130 valence electrons. The first-order chi connectivity index (χ1) is 11.6. The van der Waals surface area contributed by atoms with Crippen molar-refractivity contribution in [3.05, 3.63) is 29.5 Å². The van der Waals surface area contributed by atoms with E-state index in [4.69, 9.17) is 9.15 Å². The number of carbonyl (C=O) groups excluding carboxylic acids is 1. The molecule has 1 saturated heterocycles. The highest BCUT2D eigenvalue weighted by Gasteiger charge is 2.28. The number of hydrogen-bond acceptors (Lipinski definition) is 7. The van der Waals surface area contributed by atoms with Crippen molar-refractivity contribution in [1.82, 2.24) is 25.1 Å². The van der Waals surface area contributed by atoms with Gasteiger partial charge in [-0.2, -0.15) is 0 Å². The van der Waals surface area contributed by atoms with Gasteiger partial charge in [0.1, 0.15) is 11.3 Å². The van der Waals surface area contributed by atoms with E-state index >= 15 is 0 Å². The highest BCUT2D eigenvalue weighted by Crippen LogP contribution is 2.28. The normalized spacial score (nSPS) is 17.8. The molecule has 0 N–H and O–H groups in total. The Bertz CT molecular complexity index is 687. The lowest BCUT2D eigenvalue weighted by Crippen LogP contribution is -2.37. The van der Waals surface area contributed by atoms with Crippen LogP contribution in [0.3, 0.4) is 0 Å². The molecule has 2 aromatic rings. The molecular formula is C16H23N5O3. The van der Waals surface area contributed by atoms with E-state index in [0.29, 0.717) is 11.5 Å². The third-order valence-electron chi connectivity index (χ3n) is 4.85. The van der Waals surface area contributed by atoms with E-state index in [2.05, 4.69) is 27.3 Å². The van der Waals surface area contributed by atoms with Crippen LogP contribution in [-0.4, -0.2) is 51.3 Å². The van der Waals surface area contributed by atoms with Crippen molar-refractivity contribution in [2.24, 2.45) is 13.0 Å². The number of furan rings is 1. The molecule has 8 heteroatoms. The Balaban J connectivity index is 1.57. The fourth-order valence-electron chi connectivity index (χ4n) is 3.35. The zero-order valence-electron chi connectivity index (χ0n) is 14.3. The number of methoxy groups -OCH3 is 1. The van der Waals surface area contributed by atoms with Crippen molar-refractivity contribution in [3.63, 3.8) is 0 Å². The summed E-state index contributed by atoms with van der Waals surface area (Å²) in [7, 11) is 3.25. The van der Waals surface area contributed by atoms with Gasteiger partial charge in [-0.3, -0.25) is 4.90 Å². The maximum atomic E-state index is 11.7. The molecule has 24 heavy (non-hydrogen) atoms. The topological polar surface area (TPSA) is 86.3 Å². The van der Waals surface area contributed by atoms with Crippen molar-refractivity contribution in [2.45, 2.75) is 32.2 Å². The van der Waals surface area contributed by atoms with Gasteiger partial charge in [0, 0.05) is 13.5 Å². The molecule has 0 spiro atoms. The van der Waals surface area contributed by atoms with Crippen LogP contribution in [0.1, 0.15) is 47.7 Å². The Morgan fingerprint density at radius 2 is 2.21 bits per heavy atom. The minimum absolute atomic E-state index is 0.195. The van der Waals surface area contributed by atoms with E-state index < -0.39 is 0 Å². The lowest BCUT2D eigenvalue weighted by molar-refractivity contribution is 0.0597. The minimum atomic E-state index is -0.334. The molecule has 1 aliphatic rings. The average molecular weight is 333 g/mol. The fraction of sp³-hybridized carbons (Fsp3) is 0.625. The molecule has 3 rings (SSSR count). The Hall–Kier alpha value is -2.22. The summed E-state index contributed by atoms with van der Waals surface area (Å²) in [4.78, 5) is 14.1. The van der Waals surface area contributed by atoms with Crippen molar-refractivity contribution in [3.8, 4) is 0 Å². The molecule has 8 nitrogen and oxygen atoms in total. The van der Waals surface area contributed by atoms with Crippen molar-refractivity contribution in [2.75, 3.05) is 20.2 Å². The van der Waals surface area contributed by atoms with Gasteiger partial charge >= 0.3 is 5.97 Å². The molecule has 0 aromatic carbocycles. The fourth-order valence-corrected chi connectivity index (χ4v) is 3.35. The van der Waals surface area contributed by atoms with Gasteiger partial charge in [-0.05, 0) is 55.3 Å². The molecule has 2 aromatic heterocycles. The maximum Gasteiger partial charge on any atom is 0.341 e. The van der Waals surface area contributed by atoms with Gasteiger partial charge in [-0.25, -0.2) is 9.48 Å².